The largest absolute Gasteiger partial charge is 0.481 e. The van der Waals surface area contributed by atoms with E-state index in [0.717, 1.165) is 12.8 Å². The molecule has 0 fully saturated rings. The summed E-state index contributed by atoms with van der Waals surface area (Å²) in [5.41, 5.74) is 0. The Balaban J connectivity index is 0. The molecule has 0 bridgehead atoms. The van der Waals surface area contributed by atoms with Crippen LogP contribution in [0.1, 0.15) is 32.6 Å². The summed E-state index contributed by atoms with van der Waals surface area (Å²) in [5.74, 6) is -0.789. The molecular formula is C8H17NO4. The number of rotatable bonds is 6. The normalized spacial score (nSPS) is 8.69. The number of carboxylic acids is 1. The fourth-order valence-corrected chi connectivity index (χ4v) is 0.842. The van der Waals surface area contributed by atoms with Gasteiger partial charge in [0.05, 0.1) is 0 Å². The van der Waals surface area contributed by atoms with Crippen molar-refractivity contribution in [2.45, 2.75) is 32.6 Å². The van der Waals surface area contributed by atoms with Crippen LogP contribution in [-0.4, -0.2) is 29.0 Å². The molecule has 0 aliphatic rings. The lowest BCUT2D eigenvalue weighted by Gasteiger charge is -2.00. The smallest absolute Gasteiger partial charge is 0.303 e. The molecule has 0 saturated carbocycles. The summed E-state index contributed by atoms with van der Waals surface area (Å²) in [5, 5.41) is 10.9. The fourth-order valence-electron chi connectivity index (χ4n) is 0.842. The van der Waals surface area contributed by atoms with Crippen LogP contribution in [0.4, 0.5) is 0 Å². The second-order valence-corrected chi connectivity index (χ2v) is 2.69. The van der Waals surface area contributed by atoms with E-state index in [9.17, 15) is 9.59 Å². The van der Waals surface area contributed by atoms with Crippen molar-refractivity contribution in [2.24, 2.45) is 0 Å². The number of hydrogen-bond acceptors (Lipinski definition) is 2. The Hall–Kier alpha value is -1.10. The van der Waals surface area contributed by atoms with Crippen molar-refractivity contribution in [1.82, 2.24) is 5.32 Å². The molecule has 5 nitrogen and oxygen atoms in total. The minimum Gasteiger partial charge on any atom is -0.481 e. The van der Waals surface area contributed by atoms with Gasteiger partial charge in [0.25, 0.3) is 0 Å². The maximum absolute atomic E-state index is 10.4. The van der Waals surface area contributed by atoms with Gasteiger partial charge < -0.3 is 15.9 Å². The van der Waals surface area contributed by atoms with Crippen LogP contribution < -0.4 is 5.32 Å². The van der Waals surface area contributed by atoms with Crippen LogP contribution in [0.3, 0.4) is 0 Å². The van der Waals surface area contributed by atoms with Gasteiger partial charge in [-0.05, 0) is 12.8 Å². The number of carbonyl (C=O) groups is 2. The molecule has 0 rings (SSSR count). The molecule has 0 aromatic rings. The lowest BCUT2D eigenvalue weighted by molar-refractivity contribution is -0.137. The van der Waals surface area contributed by atoms with Gasteiger partial charge in [0.2, 0.25) is 5.91 Å². The Morgan fingerprint density at radius 2 is 1.85 bits per heavy atom. The van der Waals surface area contributed by atoms with Crippen molar-refractivity contribution < 1.29 is 20.2 Å². The van der Waals surface area contributed by atoms with E-state index in [1.165, 1.54) is 6.92 Å². The first-order chi connectivity index (χ1) is 5.63. The first kappa shape index (κ1) is 14.4. The van der Waals surface area contributed by atoms with Crippen molar-refractivity contribution in [1.29, 1.82) is 0 Å². The minimum atomic E-state index is -0.755. The minimum absolute atomic E-state index is 0. The van der Waals surface area contributed by atoms with Crippen molar-refractivity contribution >= 4 is 11.9 Å². The first-order valence-corrected chi connectivity index (χ1v) is 4.09. The molecule has 4 N–H and O–H groups in total. The zero-order chi connectivity index (χ0) is 9.40. The highest BCUT2D eigenvalue weighted by Gasteiger charge is 1.96. The highest BCUT2D eigenvalue weighted by molar-refractivity contribution is 5.72. The van der Waals surface area contributed by atoms with Crippen LogP contribution in [-0.2, 0) is 9.59 Å². The quantitative estimate of drug-likeness (QED) is 0.575. The highest BCUT2D eigenvalue weighted by atomic mass is 16.4. The van der Waals surface area contributed by atoms with E-state index in [-0.39, 0.29) is 17.8 Å². The Kier molecular flexibility index (Phi) is 9.98. The van der Waals surface area contributed by atoms with E-state index in [1.54, 1.807) is 0 Å². The van der Waals surface area contributed by atoms with Crippen molar-refractivity contribution in [3.8, 4) is 0 Å². The third-order valence-electron chi connectivity index (χ3n) is 1.44. The molecule has 5 heteroatoms. The third-order valence-corrected chi connectivity index (χ3v) is 1.44. The summed E-state index contributed by atoms with van der Waals surface area (Å²) < 4.78 is 0. The summed E-state index contributed by atoms with van der Waals surface area (Å²) in [6, 6.07) is 0. The molecule has 0 aromatic carbocycles. The number of carboxylic acid groups (broad SMARTS) is 1. The fraction of sp³-hybridized carbons (Fsp3) is 0.750. The van der Waals surface area contributed by atoms with Crippen molar-refractivity contribution in [3.63, 3.8) is 0 Å². The molecule has 0 heterocycles. The summed E-state index contributed by atoms with van der Waals surface area (Å²) in [4.78, 5) is 20.4. The molecule has 0 saturated heterocycles. The second-order valence-electron chi connectivity index (χ2n) is 2.69. The van der Waals surface area contributed by atoms with Gasteiger partial charge in [-0.2, -0.15) is 0 Å². The van der Waals surface area contributed by atoms with Gasteiger partial charge in [0.1, 0.15) is 0 Å². The standard InChI is InChI=1S/C8H15NO3.H2O/c1-7(10)9-6-4-2-3-5-8(11)12;/h2-6H2,1H3,(H,9,10)(H,11,12);1H2. The Morgan fingerprint density at radius 1 is 1.23 bits per heavy atom. The molecule has 0 aliphatic heterocycles. The average Bonchev–Trinajstić information content (AvgIpc) is 1.95. The molecule has 13 heavy (non-hydrogen) atoms. The number of carbonyl (C=O) groups excluding carboxylic acids is 1. The van der Waals surface area contributed by atoms with E-state index in [1.807, 2.05) is 0 Å². The lowest BCUT2D eigenvalue weighted by Crippen LogP contribution is -2.20. The van der Waals surface area contributed by atoms with Crippen molar-refractivity contribution in [3.05, 3.63) is 0 Å². The van der Waals surface area contributed by atoms with Crippen LogP contribution >= 0.6 is 0 Å². The van der Waals surface area contributed by atoms with Gasteiger partial charge in [-0.15, -0.1) is 0 Å². The van der Waals surface area contributed by atoms with Gasteiger partial charge in [0, 0.05) is 19.9 Å². The van der Waals surface area contributed by atoms with Crippen LogP contribution in [0.25, 0.3) is 0 Å². The molecule has 0 aromatic heterocycles. The molecule has 0 spiro atoms. The maximum atomic E-state index is 10.4. The Labute approximate surface area is 77.4 Å². The van der Waals surface area contributed by atoms with Crippen LogP contribution in [0.15, 0.2) is 0 Å². The van der Waals surface area contributed by atoms with Gasteiger partial charge >= 0.3 is 5.97 Å². The molecule has 0 unspecified atom stereocenters. The van der Waals surface area contributed by atoms with Crippen LogP contribution in [0, 0.1) is 0 Å². The summed E-state index contributed by atoms with van der Waals surface area (Å²) in [6.45, 7) is 2.12. The summed E-state index contributed by atoms with van der Waals surface area (Å²) in [7, 11) is 0. The second kappa shape index (κ2) is 8.99. The molecule has 78 valence electrons. The Morgan fingerprint density at radius 3 is 2.31 bits per heavy atom. The monoisotopic (exact) mass is 191 g/mol. The SMILES string of the molecule is CC(=O)NCCCCCC(=O)O.O. The zero-order valence-electron chi connectivity index (χ0n) is 7.80. The lowest BCUT2D eigenvalue weighted by atomic mass is 10.2. The number of aliphatic carboxylic acids is 1. The van der Waals surface area contributed by atoms with Crippen LogP contribution in [0.2, 0.25) is 0 Å². The average molecular weight is 191 g/mol. The van der Waals surface area contributed by atoms with Gasteiger partial charge in [-0.3, -0.25) is 9.59 Å². The number of amides is 1. The zero-order valence-corrected chi connectivity index (χ0v) is 7.80. The summed E-state index contributed by atoms with van der Waals surface area (Å²) >= 11 is 0. The molecule has 0 aliphatic carbocycles. The van der Waals surface area contributed by atoms with E-state index in [0.29, 0.717) is 13.0 Å². The van der Waals surface area contributed by atoms with E-state index >= 15 is 0 Å². The van der Waals surface area contributed by atoms with E-state index < -0.39 is 5.97 Å². The number of nitrogens with one attached hydrogen (secondary N) is 1. The third kappa shape index (κ3) is 13.8. The predicted molar refractivity (Wildman–Crippen MR) is 48.4 cm³/mol. The molecule has 0 atom stereocenters. The predicted octanol–water partition coefficient (Wildman–Crippen LogP) is -0.0572. The van der Waals surface area contributed by atoms with E-state index in [2.05, 4.69) is 5.32 Å². The molecule has 0 radical (unpaired) electrons. The molecular weight excluding hydrogens is 174 g/mol. The topological polar surface area (TPSA) is 97.9 Å². The molecule has 1 amide bonds. The van der Waals surface area contributed by atoms with Gasteiger partial charge in [-0.25, -0.2) is 0 Å². The van der Waals surface area contributed by atoms with E-state index in [4.69, 9.17) is 5.11 Å². The van der Waals surface area contributed by atoms with Crippen molar-refractivity contribution in [2.75, 3.05) is 6.54 Å². The number of hydrogen-bond donors (Lipinski definition) is 2. The maximum Gasteiger partial charge on any atom is 0.303 e. The first-order valence-electron chi connectivity index (χ1n) is 4.09. The highest BCUT2D eigenvalue weighted by Crippen LogP contribution is 1.98. The van der Waals surface area contributed by atoms with Gasteiger partial charge in [0.15, 0.2) is 0 Å². The van der Waals surface area contributed by atoms with Gasteiger partial charge in [-0.1, -0.05) is 6.42 Å². The summed E-state index contributed by atoms with van der Waals surface area (Å²) in [6.07, 6.45) is 2.62. The van der Waals surface area contributed by atoms with Crippen LogP contribution in [0.5, 0.6) is 0 Å². The Bertz CT molecular complexity index is 140. The number of unbranched alkanes of at least 4 members (excludes halogenated alkanes) is 2.